The Bertz CT molecular complexity index is 232. The molecule has 0 aromatic rings. The van der Waals surface area contributed by atoms with Gasteiger partial charge in [-0.25, -0.2) is 4.79 Å². The van der Waals surface area contributed by atoms with Crippen molar-refractivity contribution < 1.29 is 9.53 Å². The lowest BCUT2D eigenvalue weighted by Gasteiger charge is -2.39. The van der Waals surface area contributed by atoms with Gasteiger partial charge in [-0.2, -0.15) is 0 Å². The van der Waals surface area contributed by atoms with Crippen LogP contribution >= 0.6 is 0 Å². The predicted molar refractivity (Wildman–Crippen MR) is 73.8 cm³/mol. The summed E-state index contributed by atoms with van der Waals surface area (Å²) in [6, 6.07) is 0.696. The highest BCUT2D eigenvalue weighted by Gasteiger charge is 2.27. The molecule has 0 spiro atoms. The molecule has 2 fully saturated rings. The summed E-state index contributed by atoms with van der Waals surface area (Å²) in [7, 11) is 1.46. The molecule has 18 heavy (non-hydrogen) atoms. The summed E-state index contributed by atoms with van der Waals surface area (Å²) in [4.78, 5) is 15.8. The Balaban J connectivity index is 0.000000771. The number of hydrogen-bond acceptors (Lipinski definition) is 3. The Labute approximate surface area is 111 Å². The van der Waals surface area contributed by atoms with Crippen LogP contribution in [0, 0.1) is 0 Å². The Kier molecular flexibility index (Phi) is 7.09. The molecule has 4 heteroatoms. The molecule has 0 atom stereocenters. The zero-order chi connectivity index (χ0) is 13.4. The molecule has 106 valence electrons. The van der Waals surface area contributed by atoms with Gasteiger partial charge in [-0.1, -0.05) is 20.3 Å². The molecule has 2 aliphatic heterocycles. The Morgan fingerprint density at radius 3 is 2.06 bits per heavy atom. The Morgan fingerprint density at radius 2 is 1.56 bits per heavy atom. The minimum atomic E-state index is -0.169. The average molecular weight is 256 g/mol. The number of carbonyl (C=O) groups is 1. The van der Waals surface area contributed by atoms with Crippen molar-refractivity contribution in [2.24, 2.45) is 0 Å². The molecule has 2 heterocycles. The molecule has 0 N–H and O–H groups in total. The maximum absolute atomic E-state index is 11.3. The fourth-order valence-electron chi connectivity index (χ4n) is 2.83. The van der Waals surface area contributed by atoms with Crippen molar-refractivity contribution in [2.75, 3.05) is 33.3 Å². The quantitative estimate of drug-likeness (QED) is 0.723. The monoisotopic (exact) mass is 256 g/mol. The van der Waals surface area contributed by atoms with E-state index < -0.39 is 0 Å². The summed E-state index contributed by atoms with van der Waals surface area (Å²) in [5, 5.41) is 0. The number of methoxy groups -OCH3 is 1. The van der Waals surface area contributed by atoms with Gasteiger partial charge in [0.2, 0.25) is 0 Å². The van der Waals surface area contributed by atoms with E-state index in [-0.39, 0.29) is 6.09 Å². The van der Waals surface area contributed by atoms with E-state index in [9.17, 15) is 4.79 Å². The van der Waals surface area contributed by atoms with E-state index in [2.05, 4.69) is 4.90 Å². The summed E-state index contributed by atoms with van der Waals surface area (Å²) >= 11 is 0. The zero-order valence-corrected chi connectivity index (χ0v) is 12.2. The molecule has 0 bridgehead atoms. The van der Waals surface area contributed by atoms with Gasteiger partial charge in [0.05, 0.1) is 7.11 Å². The molecule has 0 aromatic heterocycles. The van der Waals surface area contributed by atoms with Crippen LogP contribution in [0.15, 0.2) is 0 Å². The van der Waals surface area contributed by atoms with Gasteiger partial charge in [-0.05, 0) is 38.8 Å². The summed E-state index contributed by atoms with van der Waals surface area (Å²) < 4.78 is 4.74. The highest BCUT2D eigenvalue weighted by molar-refractivity contribution is 5.67. The fourth-order valence-corrected chi connectivity index (χ4v) is 2.83. The van der Waals surface area contributed by atoms with Crippen LogP contribution in [0.25, 0.3) is 0 Å². The Hall–Kier alpha value is -0.770. The number of piperidine rings is 2. The van der Waals surface area contributed by atoms with Crippen molar-refractivity contribution in [3.05, 3.63) is 0 Å². The first-order valence-electron chi connectivity index (χ1n) is 7.38. The summed E-state index contributed by atoms with van der Waals surface area (Å²) in [5.74, 6) is 0. The third-order valence-electron chi connectivity index (χ3n) is 3.80. The fraction of sp³-hybridized carbons (Fsp3) is 0.929. The van der Waals surface area contributed by atoms with Gasteiger partial charge >= 0.3 is 6.09 Å². The maximum atomic E-state index is 11.3. The number of carbonyl (C=O) groups excluding carboxylic acids is 1. The topological polar surface area (TPSA) is 32.8 Å². The molecule has 0 aromatic carbocycles. The van der Waals surface area contributed by atoms with Gasteiger partial charge in [0.15, 0.2) is 0 Å². The number of likely N-dealkylation sites (tertiary alicyclic amines) is 2. The molecule has 2 saturated heterocycles. The molecule has 1 amide bonds. The van der Waals surface area contributed by atoms with Gasteiger partial charge in [0.25, 0.3) is 0 Å². The van der Waals surface area contributed by atoms with E-state index in [1.165, 1.54) is 39.5 Å². The molecule has 2 aliphatic rings. The van der Waals surface area contributed by atoms with Crippen LogP contribution in [0.2, 0.25) is 0 Å². The van der Waals surface area contributed by atoms with E-state index >= 15 is 0 Å². The van der Waals surface area contributed by atoms with Crippen LogP contribution in [-0.4, -0.2) is 55.2 Å². The second-order valence-electron chi connectivity index (χ2n) is 4.78. The smallest absolute Gasteiger partial charge is 0.409 e. The second kappa shape index (κ2) is 8.35. The number of amides is 1. The lowest BCUT2D eigenvalue weighted by atomic mass is 10.0. The van der Waals surface area contributed by atoms with Crippen LogP contribution in [-0.2, 0) is 4.74 Å². The van der Waals surface area contributed by atoms with E-state index in [0.717, 1.165) is 25.9 Å². The normalized spacial score (nSPS) is 22.1. The van der Waals surface area contributed by atoms with Gasteiger partial charge in [0.1, 0.15) is 0 Å². The van der Waals surface area contributed by atoms with E-state index in [1.807, 2.05) is 18.7 Å². The van der Waals surface area contributed by atoms with E-state index in [4.69, 9.17) is 4.74 Å². The molecule has 2 rings (SSSR count). The third kappa shape index (κ3) is 4.16. The lowest BCUT2D eigenvalue weighted by Crippen LogP contribution is -2.48. The van der Waals surface area contributed by atoms with Crippen molar-refractivity contribution in [1.29, 1.82) is 0 Å². The van der Waals surface area contributed by atoms with Gasteiger partial charge in [-0.3, -0.25) is 0 Å². The first kappa shape index (κ1) is 15.3. The minimum absolute atomic E-state index is 0.169. The average Bonchev–Trinajstić information content (AvgIpc) is 2.49. The first-order chi connectivity index (χ1) is 8.81. The van der Waals surface area contributed by atoms with E-state index in [0.29, 0.717) is 6.04 Å². The highest BCUT2D eigenvalue weighted by atomic mass is 16.5. The predicted octanol–water partition coefficient (Wildman–Crippen LogP) is 2.73. The highest BCUT2D eigenvalue weighted by Crippen LogP contribution is 2.20. The molecule has 0 radical (unpaired) electrons. The maximum Gasteiger partial charge on any atom is 0.409 e. The standard InChI is InChI=1S/C12H22N2O2.C2H6/c1-16-12(15)14-9-5-11(6-10-14)13-7-3-2-4-8-13;1-2/h11H,2-10H2,1H3;1-2H3. The summed E-state index contributed by atoms with van der Waals surface area (Å²) in [6.07, 6.45) is 6.12. The molecular formula is C14H28N2O2. The summed E-state index contributed by atoms with van der Waals surface area (Å²) in [5.41, 5.74) is 0. The van der Waals surface area contributed by atoms with Gasteiger partial charge in [-0.15, -0.1) is 0 Å². The summed E-state index contributed by atoms with van der Waals surface area (Å²) in [6.45, 7) is 8.22. The number of nitrogens with zero attached hydrogens (tertiary/aromatic N) is 2. The van der Waals surface area contributed by atoms with Crippen molar-refractivity contribution in [2.45, 2.75) is 52.0 Å². The third-order valence-corrected chi connectivity index (χ3v) is 3.80. The van der Waals surface area contributed by atoms with Crippen LogP contribution < -0.4 is 0 Å². The van der Waals surface area contributed by atoms with Crippen LogP contribution in [0.4, 0.5) is 4.79 Å². The minimum Gasteiger partial charge on any atom is -0.453 e. The molecule has 0 aliphatic carbocycles. The van der Waals surface area contributed by atoms with E-state index in [1.54, 1.807) is 0 Å². The lowest BCUT2D eigenvalue weighted by molar-refractivity contribution is 0.0763. The molecule has 0 saturated carbocycles. The van der Waals surface area contributed by atoms with Gasteiger partial charge in [0, 0.05) is 19.1 Å². The van der Waals surface area contributed by atoms with Crippen LogP contribution in [0.5, 0.6) is 0 Å². The Morgan fingerprint density at radius 1 is 1.00 bits per heavy atom. The molecule has 4 nitrogen and oxygen atoms in total. The number of hydrogen-bond donors (Lipinski definition) is 0. The second-order valence-corrected chi connectivity index (χ2v) is 4.78. The van der Waals surface area contributed by atoms with Crippen molar-refractivity contribution >= 4 is 6.09 Å². The largest absolute Gasteiger partial charge is 0.453 e. The molecule has 0 unspecified atom stereocenters. The SMILES string of the molecule is CC.COC(=O)N1CCC(N2CCCCC2)CC1. The van der Waals surface area contributed by atoms with Crippen LogP contribution in [0.1, 0.15) is 46.0 Å². The van der Waals surface area contributed by atoms with Crippen molar-refractivity contribution in [3.8, 4) is 0 Å². The van der Waals surface area contributed by atoms with Crippen molar-refractivity contribution in [1.82, 2.24) is 9.80 Å². The van der Waals surface area contributed by atoms with Crippen LogP contribution in [0.3, 0.4) is 0 Å². The first-order valence-corrected chi connectivity index (χ1v) is 7.38. The zero-order valence-electron chi connectivity index (χ0n) is 12.2. The van der Waals surface area contributed by atoms with Crippen molar-refractivity contribution in [3.63, 3.8) is 0 Å². The molecular weight excluding hydrogens is 228 g/mol. The number of ether oxygens (including phenoxy) is 1. The van der Waals surface area contributed by atoms with Gasteiger partial charge < -0.3 is 14.5 Å². The number of rotatable bonds is 1.